The molecule has 0 unspecified atom stereocenters. The molecule has 5 nitrogen and oxygen atoms in total. The number of primary amides is 1. The van der Waals surface area contributed by atoms with Gasteiger partial charge in [-0.3, -0.25) is 4.79 Å². The zero-order valence-electron chi connectivity index (χ0n) is 10.7. The minimum Gasteiger partial charge on any atom is -0.396 e. The predicted molar refractivity (Wildman–Crippen MR) is 72.2 cm³/mol. The minimum atomic E-state index is -0.344. The number of hydrogen-bond acceptors (Lipinski definition) is 4. The van der Waals surface area contributed by atoms with E-state index in [9.17, 15) is 4.79 Å². The first kappa shape index (κ1) is 12.7. The summed E-state index contributed by atoms with van der Waals surface area (Å²) in [5.41, 5.74) is 13.0. The third-order valence-electron chi connectivity index (χ3n) is 3.40. The van der Waals surface area contributed by atoms with Gasteiger partial charge in [0.2, 0.25) is 5.91 Å². The number of nitrogen functional groups attached to an aromatic ring is 1. The van der Waals surface area contributed by atoms with Crippen LogP contribution in [0.4, 0.5) is 11.5 Å². The van der Waals surface area contributed by atoms with Crippen molar-refractivity contribution in [3.8, 4) is 0 Å². The fourth-order valence-corrected chi connectivity index (χ4v) is 2.59. The number of nitrogens with two attached hydrogens (primary N) is 2. The molecule has 1 aliphatic rings. The highest BCUT2D eigenvalue weighted by molar-refractivity contribution is 5.81. The number of carbonyl (C=O) groups is 1. The van der Waals surface area contributed by atoms with Crippen LogP contribution in [-0.2, 0) is 4.79 Å². The molecule has 0 saturated heterocycles. The number of aryl methyl sites for hydroxylation is 1. The number of anilines is 2. The topological polar surface area (TPSA) is 85.2 Å². The van der Waals surface area contributed by atoms with Gasteiger partial charge in [-0.05, 0) is 31.4 Å². The van der Waals surface area contributed by atoms with Crippen LogP contribution in [0.2, 0.25) is 0 Å². The summed E-state index contributed by atoms with van der Waals surface area (Å²) < 4.78 is 0. The lowest BCUT2D eigenvalue weighted by molar-refractivity contribution is -0.116. The zero-order chi connectivity index (χ0) is 13.1. The first-order valence-corrected chi connectivity index (χ1v) is 6.35. The Balaban J connectivity index is 2.29. The molecule has 1 amide bonds. The third kappa shape index (κ3) is 2.72. The molecular formula is C13H20N4O. The summed E-state index contributed by atoms with van der Waals surface area (Å²) in [4.78, 5) is 17.6. The molecular weight excluding hydrogens is 228 g/mol. The highest BCUT2D eigenvalue weighted by Crippen LogP contribution is 2.30. The van der Waals surface area contributed by atoms with E-state index >= 15 is 0 Å². The molecule has 0 spiro atoms. The van der Waals surface area contributed by atoms with Crippen LogP contribution in [0.3, 0.4) is 0 Å². The predicted octanol–water partition coefficient (Wildman–Crippen LogP) is 1.21. The molecule has 5 heteroatoms. The van der Waals surface area contributed by atoms with Crippen LogP contribution in [0.5, 0.6) is 0 Å². The van der Waals surface area contributed by atoms with Crippen molar-refractivity contribution >= 4 is 17.4 Å². The summed E-state index contributed by atoms with van der Waals surface area (Å²) in [5, 5.41) is 0. The molecule has 0 radical (unpaired) electrons. The van der Waals surface area contributed by atoms with E-state index in [0.29, 0.717) is 17.5 Å². The molecule has 1 aromatic heterocycles. The van der Waals surface area contributed by atoms with Gasteiger partial charge in [0.25, 0.3) is 0 Å². The maximum Gasteiger partial charge on any atom is 0.237 e. The SMILES string of the molecule is Cc1cnc(N(CC(N)=O)C2CCCC2)c(N)c1. The molecule has 1 fully saturated rings. The Morgan fingerprint density at radius 2 is 2.17 bits per heavy atom. The van der Waals surface area contributed by atoms with Crippen LogP contribution in [0, 0.1) is 6.92 Å². The summed E-state index contributed by atoms with van der Waals surface area (Å²) in [6.07, 6.45) is 6.29. The van der Waals surface area contributed by atoms with Crippen LogP contribution >= 0.6 is 0 Å². The normalized spacial score (nSPS) is 15.8. The van der Waals surface area contributed by atoms with Crippen LogP contribution in [0.25, 0.3) is 0 Å². The molecule has 18 heavy (non-hydrogen) atoms. The highest BCUT2D eigenvalue weighted by Gasteiger charge is 2.26. The van der Waals surface area contributed by atoms with E-state index in [1.54, 1.807) is 6.20 Å². The molecule has 0 aliphatic heterocycles. The molecule has 2 rings (SSSR count). The lowest BCUT2D eigenvalue weighted by Crippen LogP contribution is -2.41. The Hall–Kier alpha value is -1.78. The number of carbonyl (C=O) groups excluding carboxylic acids is 1. The van der Waals surface area contributed by atoms with Crippen molar-refractivity contribution in [1.29, 1.82) is 0 Å². The molecule has 0 atom stereocenters. The number of pyridine rings is 1. The third-order valence-corrected chi connectivity index (χ3v) is 3.40. The molecule has 1 aliphatic carbocycles. The zero-order valence-corrected chi connectivity index (χ0v) is 10.7. The Morgan fingerprint density at radius 1 is 1.50 bits per heavy atom. The Kier molecular flexibility index (Phi) is 3.69. The number of hydrogen-bond donors (Lipinski definition) is 2. The van der Waals surface area contributed by atoms with E-state index < -0.39 is 0 Å². The second-order valence-corrected chi connectivity index (χ2v) is 4.96. The Bertz CT molecular complexity index is 441. The van der Waals surface area contributed by atoms with E-state index in [4.69, 9.17) is 11.5 Å². The summed E-state index contributed by atoms with van der Waals surface area (Å²) in [6.45, 7) is 2.13. The van der Waals surface area contributed by atoms with Gasteiger partial charge < -0.3 is 16.4 Å². The van der Waals surface area contributed by atoms with Crippen molar-refractivity contribution in [3.63, 3.8) is 0 Å². The smallest absolute Gasteiger partial charge is 0.237 e. The second kappa shape index (κ2) is 5.25. The van der Waals surface area contributed by atoms with Gasteiger partial charge >= 0.3 is 0 Å². The van der Waals surface area contributed by atoms with E-state index in [1.807, 2.05) is 17.9 Å². The van der Waals surface area contributed by atoms with Crippen LogP contribution in [0.15, 0.2) is 12.3 Å². The van der Waals surface area contributed by atoms with Gasteiger partial charge in [-0.25, -0.2) is 4.98 Å². The van der Waals surface area contributed by atoms with Crippen molar-refractivity contribution in [2.24, 2.45) is 5.73 Å². The Labute approximate surface area is 107 Å². The van der Waals surface area contributed by atoms with Gasteiger partial charge in [-0.2, -0.15) is 0 Å². The van der Waals surface area contributed by atoms with E-state index in [2.05, 4.69) is 4.98 Å². The summed E-state index contributed by atoms with van der Waals surface area (Å²) in [6, 6.07) is 2.21. The largest absolute Gasteiger partial charge is 0.396 e. The quantitative estimate of drug-likeness (QED) is 0.838. The van der Waals surface area contributed by atoms with E-state index in [1.165, 1.54) is 12.8 Å². The molecule has 4 N–H and O–H groups in total. The second-order valence-electron chi connectivity index (χ2n) is 4.96. The number of rotatable bonds is 4. The van der Waals surface area contributed by atoms with Crippen LogP contribution in [-0.4, -0.2) is 23.5 Å². The van der Waals surface area contributed by atoms with Gasteiger partial charge in [0, 0.05) is 12.2 Å². The first-order valence-electron chi connectivity index (χ1n) is 6.35. The first-order chi connectivity index (χ1) is 8.58. The Morgan fingerprint density at radius 3 is 2.72 bits per heavy atom. The molecule has 1 saturated carbocycles. The molecule has 1 aromatic rings. The molecule has 1 heterocycles. The lowest BCUT2D eigenvalue weighted by atomic mass is 10.2. The van der Waals surface area contributed by atoms with Gasteiger partial charge in [0.1, 0.15) is 0 Å². The maximum atomic E-state index is 11.2. The van der Waals surface area contributed by atoms with Crippen molar-refractivity contribution in [3.05, 3.63) is 17.8 Å². The van der Waals surface area contributed by atoms with Gasteiger partial charge in [0.05, 0.1) is 12.2 Å². The van der Waals surface area contributed by atoms with Gasteiger partial charge in [-0.1, -0.05) is 12.8 Å². The maximum absolute atomic E-state index is 11.2. The summed E-state index contributed by atoms with van der Waals surface area (Å²) in [7, 11) is 0. The fourth-order valence-electron chi connectivity index (χ4n) is 2.59. The van der Waals surface area contributed by atoms with E-state index in [0.717, 1.165) is 18.4 Å². The molecule has 98 valence electrons. The van der Waals surface area contributed by atoms with Crippen molar-refractivity contribution < 1.29 is 4.79 Å². The number of nitrogens with zero attached hydrogens (tertiary/aromatic N) is 2. The minimum absolute atomic E-state index is 0.185. The van der Waals surface area contributed by atoms with Crippen LogP contribution in [0.1, 0.15) is 31.2 Å². The lowest BCUT2D eigenvalue weighted by Gasteiger charge is -2.29. The highest BCUT2D eigenvalue weighted by atomic mass is 16.1. The van der Waals surface area contributed by atoms with Crippen molar-refractivity contribution in [2.75, 3.05) is 17.2 Å². The monoisotopic (exact) mass is 248 g/mol. The molecule has 0 bridgehead atoms. The summed E-state index contributed by atoms with van der Waals surface area (Å²) in [5.74, 6) is 0.343. The van der Waals surface area contributed by atoms with Crippen LogP contribution < -0.4 is 16.4 Å². The standard InChI is InChI=1S/C13H20N4O/c1-9-6-11(14)13(16-7-9)17(8-12(15)18)10-4-2-3-5-10/h6-7,10H,2-5,8,14H2,1H3,(H2,15,18). The van der Waals surface area contributed by atoms with E-state index in [-0.39, 0.29) is 12.5 Å². The van der Waals surface area contributed by atoms with Crippen molar-refractivity contribution in [2.45, 2.75) is 38.6 Å². The average molecular weight is 248 g/mol. The molecule has 0 aromatic carbocycles. The van der Waals surface area contributed by atoms with Crippen molar-refractivity contribution in [1.82, 2.24) is 4.98 Å². The average Bonchev–Trinajstić information content (AvgIpc) is 2.79. The number of aromatic nitrogens is 1. The number of amides is 1. The van der Waals surface area contributed by atoms with Gasteiger partial charge in [0.15, 0.2) is 5.82 Å². The summed E-state index contributed by atoms with van der Waals surface area (Å²) >= 11 is 0. The van der Waals surface area contributed by atoms with Gasteiger partial charge in [-0.15, -0.1) is 0 Å². The fraction of sp³-hybridized carbons (Fsp3) is 0.538.